The molecule has 0 spiro atoms. The van der Waals surface area contributed by atoms with Crippen LogP contribution in [0.5, 0.6) is 0 Å². The molecule has 0 bridgehead atoms. The van der Waals surface area contributed by atoms with Crippen molar-refractivity contribution in [3.63, 3.8) is 0 Å². The molecule has 0 radical (unpaired) electrons. The molecular formula is C16H31N3. The van der Waals surface area contributed by atoms with E-state index < -0.39 is 0 Å². The lowest BCUT2D eigenvalue weighted by atomic mass is 9.80. The van der Waals surface area contributed by atoms with E-state index in [0.717, 1.165) is 25.4 Å². The lowest BCUT2D eigenvalue weighted by Gasteiger charge is -2.30. The van der Waals surface area contributed by atoms with Crippen LogP contribution in [0.15, 0.2) is 12.4 Å². The topological polar surface area (TPSA) is 29.9 Å². The first-order chi connectivity index (χ1) is 8.95. The summed E-state index contributed by atoms with van der Waals surface area (Å²) in [6.07, 6.45) is 9.04. The molecule has 3 nitrogen and oxygen atoms in total. The predicted octanol–water partition coefficient (Wildman–Crippen LogP) is 3.40. The lowest BCUT2D eigenvalue weighted by Crippen LogP contribution is -2.34. The molecule has 3 heteroatoms. The van der Waals surface area contributed by atoms with Crippen molar-refractivity contribution in [1.29, 1.82) is 0 Å². The molecule has 1 atom stereocenters. The van der Waals surface area contributed by atoms with Crippen LogP contribution in [-0.4, -0.2) is 22.9 Å². The van der Waals surface area contributed by atoms with Gasteiger partial charge in [0, 0.05) is 19.8 Å². The van der Waals surface area contributed by atoms with Crippen LogP contribution >= 0.6 is 0 Å². The highest BCUT2D eigenvalue weighted by atomic mass is 15.2. The van der Waals surface area contributed by atoms with Gasteiger partial charge in [-0.05, 0) is 42.7 Å². The fourth-order valence-electron chi connectivity index (χ4n) is 2.62. The van der Waals surface area contributed by atoms with E-state index in [9.17, 15) is 0 Å². The van der Waals surface area contributed by atoms with Gasteiger partial charge in [0.2, 0.25) is 0 Å². The van der Waals surface area contributed by atoms with Crippen LogP contribution in [0.25, 0.3) is 0 Å². The van der Waals surface area contributed by atoms with Crippen molar-refractivity contribution in [2.45, 2.75) is 53.4 Å². The summed E-state index contributed by atoms with van der Waals surface area (Å²) in [7, 11) is 1.99. The summed E-state index contributed by atoms with van der Waals surface area (Å²) >= 11 is 0. The van der Waals surface area contributed by atoms with Gasteiger partial charge in [0.05, 0.1) is 6.20 Å². The Kier molecular flexibility index (Phi) is 6.56. The van der Waals surface area contributed by atoms with Crippen molar-refractivity contribution in [3.8, 4) is 0 Å². The summed E-state index contributed by atoms with van der Waals surface area (Å²) in [5, 5.41) is 7.88. The predicted molar refractivity (Wildman–Crippen MR) is 82.3 cm³/mol. The second-order valence-electron chi connectivity index (χ2n) is 6.61. The molecule has 1 aromatic rings. The quantitative estimate of drug-likeness (QED) is 0.741. The lowest BCUT2D eigenvalue weighted by molar-refractivity contribution is 0.252. The molecule has 0 saturated carbocycles. The maximum absolute atomic E-state index is 4.25. The summed E-state index contributed by atoms with van der Waals surface area (Å²) in [6, 6.07) is 0. The van der Waals surface area contributed by atoms with Gasteiger partial charge in [0.15, 0.2) is 0 Å². The third kappa shape index (κ3) is 6.24. The van der Waals surface area contributed by atoms with E-state index in [2.05, 4.69) is 44.3 Å². The molecular weight excluding hydrogens is 234 g/mol. The number of nitrogens with zero attached hydrogens (tertiary/aromatic N) is 2. The third-order valence-electron chi connectivity index (χ3n) is 3.73. The Labute approximate surface area is 118 Å². The normalized spacial score (nSPS) is 14.8. The first-order valence-corrected chi connectivity index (χ1v) is 7.63. The zero-order chi connectivity index (χ0) is 14.3. The average Bonchev–Trinajstić information content (AvgIpc) is 2.73. The van der Waals surface area contributed by atoms with Crippen LogP contribution in [0.2, 0.25) is 0 Å². The Morgan fingerprint density at radius 3 is 2.63 bits per heavy atom. The van der Waals surface area contributed by atoms with Gasteiger partial charge in [0.1, 0.15) is 0 Å². The highest BCUT2D eigenvalue weighted by molar-refractivity contribution is 5.04. The fourth-order valence-corrected chi connectivity index (χ4v) is 2.62. The molecule has 1 unspecified atom stereocenters. The molecule has 0 fully saturated rings. The monoisotopic (exact) mass is 265 g/mol. The fraction of sp³-hybridized carbons (Fsp3) is 0.812. The molecule has 1 rings (SSSR count). The highest BCUT2D eigenvalue weighted by Gasteiger charge is 2.23. The Morgan fingerprint density at radius 2 is 2.11 bits per heavy atom. The van der Waals surface area contributed by atoms with Crippen LogP contribution in [0.3, 0.4) is 0 Å². The van der Waals surface area contributed by atoms with Crippen molar-refractivity contribution in [2.75, 3.05) is 13.1 Å². The Morgan fingerprint density at radius 1 is 1.37 bits per heavy atom. The minimum Gasteiger partial charge on any atom is -0.316 e. The molecule has 0 amide bonds. The standard InChI is InChI=1S/C16H31N3/c1-6-8-16(4,13-17-10-14(2)3)9-7-15-11-18-19(5)12-15/h11-12,14,17H,6-10,13H2,1-5H3. The average molecular weight is 265 g/mol. The highest BCUT2D eigenvalue weighted by Crippen LogP contribution is 2.28. The van der Waals surface area contributed by atoms with Gasteiger partial charge in [-0.25, -0.2) is 0 Å². The van der Waals surface area contributed by atoms with Gasteiger partial charge < -0.3 is 5.32 Å². The molecule has 0 aliphatic carbocycles. The molecule has 0 saturated heterocycles. The third-order valence-corrected chi connectivity index (χ3v) is 3.73. The first-order valence-electron chi connectivity index (χ1n) is 7.63. The van der Waals surface area contributed by atoms with Gasteiger partial charge in [-0.3, -0.25) is 4.68 Å². The van der Waals surface area contributed by atoms with E-state index in [0.29, 0.717) is 5.41 Å². The van der Waals surface area contributed by atoms with E-state index >= 15 is 0 Å². The number of aromatic nitrogens is 2. The molecule has 0 aliphatic rings. The van der Waals surface area contributed by atoms with Crippen molar-refractivity contribution in [2.24, 2.45) is 18.4 Å². The number of nitrogens with one attached hydrogen (secondary N) is 1. The molecule has 19 heavy (non-hydrogen) atoms. The second-order valence-corrected chi connectivity index (χ2v) is 6.61. The summed E-state index contributed by atoms with van der Waals surface area (Å²) in [5.74, 6) is 0.726. The van der Waals surface area contributed by atoms with Crippen molar-refractivity contribution >= 4 is 0 Å². The van der Waals surface area contributed by atoms with Gasteiger partial charge in [-0.1, -0.05) is 34.1 Å². The molecule has 1 aromatic heterocycles. The molecule has 110 valence electrons. The van der Waals surface area contributed by atoms with Crippen molar-refractivity contribution in [3.05, 3.63) is 18.0 Å². The maximum Gasteiger partial charge on any atom is 0.0521 e. The summed E-state index contributed by atoms with van der Waals surface area (Å²) in [6.45, 7) is 11.5. The van der Waals surface area contributed by atoms with E-state index in [-0.39, 0.29) is 0 Å². The number of hydrogen-bond acceptors (Lipinski definition) is 2. The number of rotatable bonds is 9. The smallest absolute Gasteiger partial charge is 0.0521 e. The van der Waals surface area contributed by atoms with Gasteiger partial charge >= 0.3 is 0 Å². The molecule has 1 heterocycles. The number of aryl methyl sites for hydroxylation is 2. The molecule has 1 N–H and O–H groups in total. The Balaban J connectivity index is 2.45. The van der Waals surface area contributed by atoms with Crippen molar-refractivity contribution < 1.29 is 0 Å². The van der Waals surface area contributed by atoms with E-state index in [1.165, 1.54) is 24.8 Å². The molecule has 0 aromatic carbocycles. The largest absolute Gasteiger partial charge is 0.316 e. The van der Waals surface area contributed by atoms with Crippen LogP contribution in [0.4, 0.5) is 0 Å². The minimum absolute atomic E-state index is 0.402. The zero-order valence-corrected chi connectivity index (χ0v) is 13.4. The van der Waals surface area contributed by atoms with Crippen LogP contribution in [0, 0.1) is 11.3 Å². The summed E-state index contributed by atoms with van der Waals surface area (Å²) in [4.78, 5) is 0. The maximum atomic E-state index is 4.25. The Bertz CT molecular complexity index is 357. The van der Waals surface area contributed by atoms with E-state index in [4.69, 9.17) is 0 Å². The van der Waals surface area contributed by atoms with Gasteiger partial charge in [-0.15, -0.1) is 0 Å². The van der Waals surface area contributed by atoms with Crippen LogP contribution in [-0.2, 0) is 13.5 Å². The van der Waals surface area contributed by atoms with E-state index in [1.807, 2.05) is 17.9 Å². The van der Waals surface area contributed by atoms with Gasteiger partial charge in [-0.2, -0.15) is 5.10 Å². The zero-order valence-electron chi connectivity index (χ0n) is 13.4. The van der Waals surface area contributed by atoms with Crippen molar-refractivity contribution in [1.82, 2.24) is 15.1 Å². The van der Waals surface area contributed by atoms with Crippen LogP contribution in [0.1, 0.15) is 52.5 Å². The molecule has 0 aliphatic heterocycles. The van der Waals surface area contributed by atoms with Crippen LogP contribution < -0.4 is 5.32 Å². The summed E-state index contributed by atoms with van der Waals surface area (Å²) in [5.41, 5.74) is 1.76. The summed E-state index contributed by atoms with van der Waals surface area (Å²) < 4.78 is 1.89. The SMILES string of the molecule is CCCC(C)(CCc1cnn(C)c1)CNCC(C)C. The van der Waals surface area contributed by atoms with E-state index in [1.54, 1.807) is 0 Å². The second kappa shape index (κ2) is 7.68. The van der Waals surface area contributed by atoms with Gasteiger partial charge in [0.25, 0.3) is 0 Å². The Hall–Kier alpha value is -0.830. The number of hydrogen-bond donors (Lipinski definition) is 1. The minimum atomic E-state index is 0.402. The first kappa shape index (κ1) is 16.2.